The zero-order valence-corrected chi connectivity index (χ0v) is 20.1. The molecule has 0 radical (unpaired) electrons. The molecule has 0 unspecified atom stereocenters. The molecule has 11 heteroatoms. The van der Waals surface area contributed by atoms with Gasteiger partial charge < -0.3 is 24.6 Å². The van der Waals surface area contributed by atoms with Crippen LogP contribution in [0, 0.1) is 11.6 Å². The predicted octanol–water partition coefficient (Wildman–Crippen LogP) is 4.02. The van der Waals surface area contributed by atoms with E-state index < -0.39 is 16.7 Å². The van der Waals surface area contributed by atoms with Crippen LogP contribution in [0.1, 0.15) is 0 Å². The Morgan fingerprint density at radius 3 is 2.74 bits per heavy atom. The first-order valence-corrected chi connectivity index (χ1v) is 11.1. The fourth-order valence-corrected chi connectivity index (χ4v) is 3.67. The summed E-state index contributed by atoms with van der Waals surface area (Å²) in [5.74, 6) is -0.701. The van der Waals surface area contributed by atoms with E-state index in [0.717, 1.165) is 6.07 Å². The molecule has 1 amide bonds. The number of carbonyl (C=O) groups excluding carboxylic acids is 1. The van der Waals surface area contributed by atoms with Crippen LogP contribution >= 0.6 is 11.6 Å². The van der Waals surface area contributed by atoms with E-state index in [-0.39, 0.29) is 23.5 Å². The molecule has 8 nitrogen and oxygen atoms in total. The van der Waals surface area contributed by atoms with Gasteiger partial charge in [0.1, 0.15) is 29.1 Å². The number of aromatic nitrogens is 2. The molecule has 35 heavy (non-hydrogen) atoms. The molecular weight excluding hydrogens is 480 g/mol. The van der Waals surface area contributed by atoms with Gasteiger partial charge in [-0.1, -0.05) is 17.7 Å². The summed E-state index contributed by atoms with van der Waals surface area (Å²) in [4.78, 5) is 24.3. The number of hydrogen-bond acceptors (Lipinski definition) is 7. The number of amides is 1. The number of rotatable bonds is 8. The molecule has 2 heterocycles. The minimum atomic E-state index is -0.928. The molecular formula is C24H24ClF2N5O3. The molecule has 1 saturated heterocycles. The minimum Gasteiger partial charge on any atom is -0.493 e. The van der Waals surface area contributed by atoms with Crippen molar-refractivity contribution in [2.24, 2.45) is 0 Å². The van der Waals surface area contributed by atoms with Gasteiger partial charge in [0.25, 0.3) is 0 Å². The van der Waals surface area contributed by atoms with E-state index in [2.05, 4.69) is 15.3 Å². The number of fused-ring (bicyclic) bond motifs is 1. The molecule has 1 N–H and O–H groups in total. The Balaban J connectivity index is 1.53. The number of likely N-dealkylation sites (N-methyl/N-ethyl adjacent to an activating group) is 1. The summed E-state index contributed by atoms with van der Waals surface area (Å²) in [5, 5.41) is 2.76. The van der Waals surface area contributed by atoms with Crippen LogP contribution in [0.4, 0.5) is 20.3 Å². The quantitative estimate of drug-likeness (QED) is 0.367. The summed E-state index contributed by atoms with van der Waals surface area (Å²) in [7, 11) is 5.36. The number of ether oxygens (including phenoxy) is 2. The van der Waals surface area contributed by atoms with Crippen LogP contribution in [0.25, 0.3) is 10.9 Å². The maximum Gasteiger partial charge on any atom is 0.246 e. The number of methoxy groups -OCH3 is 1. The molecule has 184 valence electrons. The standard InChI is InChI=1S/C24H24ClF2N5O3/c1-31(2)8-4-5-21(33)32-11-14(12-32)35-20-9-15-18(10-19(20)34-3)28-13-29-24(15)30-17-7-6-16(26)22(25)23(17)27/h4-7,9-10,13-14H,8,11-12H2,1-3H3,(H,28,29,30)/b5-4-. The topological polar surface area (TPSA) is 79.8 Å². The van der Waals surface area contributed by atoms with Gasteiger partial charge in [-0.05, 0) is 32.3 Å². The Kier molecular flexibility index (Phi) is 7.32. The number of hydrogen-bond donors (Lipinski definition) is 1. The molecule has 1 aliphatic rings. The number of anilines is 2. The third-order valence-corrected chi connectivity index (χ3v) is 5.74. The Morgan fingerprint density at radius 2 is 2.03 bits per heavy atom. The van der Waals surface area contributed by atoms with Crippen molar-refractivity contribution >= 4 is 39.9 Å². The Bertz CT molecular complexity index is 1280. The first-order valence-electron chi connectivity index (χ1n) is 10.8. The number of nitrogens with one attached hydrogen (secondary N) is 1. The van der Waals surface area contributed by atoms with E-state index in [9.17, 15) is 13.6 Å². The van der Waals surface area contributed by atoms with Gasteiger partial charge in [-0.3, -0.25) is 4.79 Å². The molecule has 1 fully saturated rings. The largest absolute Gasteiger partial charge is 0.493 e. The lowest BCUT2D eigenvalue weighted by atomic mass is 10.1. The fraction of sp³-hybridized carbons (Fsp3) is 0.292. The van der Waals surface area contributed by atoms with Crippen molar-refractivity contribution in [1.82, 2.24) is 19.8 Å². The summed E-state index contributed by atoms with van der Waals surface area (Å²) in [6.45, 7) is 1.55. The van der Waals surface area contributed by atoms with E-state index in [4.69, 9.17) is 21.1 Å². The third-order valence-electron chi connectivity index (χ3n) is 5.39. The number of halogens is 3. The number of benzene rings is 2. The van der Waals surface area contributed by atoms with E-state index >= 15 is 0 Å². The minimum absolute atomic E-state index is 0.0369. The van der Waals surface area contributed by atoms with Crippen LogP contribution in [-0.2, 0) is 4.79 Å². The molecule has 0 atom stereocenters. The van der Waals surface area contributed by atoms with Crippen molar-refractivity contribution in [3.63, 3.8) is 0 Å². The summed E-state index contributed by atoms with van der Waals surface area (Å²) >= 11 is 5.69. The highest BCUT2D eigenvalue weighted by Crippen LogP contribution is 2.37. The second-order valence-electron chi connectivity index (χ2n) is 8.24. The van der Waals surface area contributed by atoms with Crippen LogP contribution < -0.4 is 14.8 Å². The summed E-state index contributed by atoms with van der Waals surface area (Å²) in [6, 6.07) is 5.66. The average molecular weight is 504 g/mol. The molecule has 0 aliphatic carbocycles. The van der Waals surface area contributed by atoms with Gasteiger partial charge >= 0.3 is 0 Å². The lowest BCUT2D eigenvalue weighted by Gasteiger charge is -2.38. The van der Waals surface area contributed by atoms with E-state index in [1.54, 1.807) is 23.1 Å². The van der Waals surface area contributed by atoms with E-state index in [0.29, 0.717) is 42.0 Å². The van der Waals surface area contributed by atoms with Gasteiger partial charge in [0, 0.05) is 24.1 Å². The first-order chi connectivity index (χ1) is 16.8. The monoisotopic (exact) mass is 503 g/mol. The fourth-order valence-electron chi connectivity index (χ4n) is 3.51. The lowest BCUT2D eigenvalue weighted by Crippen LogP contribution is -2.55. The zero-order valence-electron chi connectivity index (χ0n) is 19.4. The van der Waals surface area contributed by atoms with Crippen LogP contribution in [0.5, 0.6) is 11.5 Å². The normalized spacial score (nSPS) is 14.0. The average Bonchev–Trinajstić information content (AvgIpc) is 2.80. The van der Waals surface area contributed by atoms with Crippen molar-refractivity contribution < 1.29 is 23.0 Å². The molecule has 1 aromatic heterocycles. The van der Waals surface area contributed by atoms with Crippen molar-refractivity contribution in [2.75, 3.05) is 46.2 Å². The highest BCUT2D eigenvalue weighted by Gasteiger charge is 2.32. The van der Waals surface area contributed by atoms with Crippen molar-refractivity contribution in [3.8, 4) is 11.5 Å². The van der Waals surface area contributed by atoms with Crippen molar-refractivity contribution in [2.45, 2.75) is 6.10 Å². The second kappa shape index (κ2) is 10.4. The van der Waals surface area contributed by atoms with E-state index in [1.165, 1.54) is 19.5 Å². The maximum atomic E-state index is 14.4. The summed E-state index contributed by atoms with van der Waals surface area (Å²) in [5.41, 5.74) is 0.488. The predicted molar refractivity (Wildman–Crippen MR) is 129 cm³/mol. The number of likely N-dealkylation sites (tertiary alicyclic amines) is 1. The smallest absolute Gasteiger partial charge is 0.246 e. The molecule has 4 rings (SSSR count). The van der Waals surface area contributed by atoms with Crippen LogP contribution in [0.2, 0.25) is 5.02 Å². The van der Waals surface area contributed by atoms with Gasteiger partial charge in [0.2, 0.25) is 5.91 Å². The third kappa shape index (κ3) is 5.44. The van der Waals surface area contributed by atoms with Gasteiger partial charge in [-0.2, -0.15) is 0 Å². The molecule has 3 aromatic rings. The van der Waals surface area contributed by atoms with Crippen molar-refractivity contribution in [3.05, 3.63) is 59.4 Å². The number of nitrogens with zero attached hydrogens (tertiary/aromatic N) is 4. The Labute approximate surface area is 206 Å². The highest BCUT2D eigenvalue weighted by atomic mass is 35.5. The van der Waals surface area contributed by atoms with Gasteiger partial charge in [-0.25, -0.2) is 18.7 Å². The van der Waals surface area contributed by atoms with Gasteiger partial charge in [0.15, 0.2) is 17.3 Å². The molecule has 0 spiro atoms. The van der Waals surface area contributed by atoms with Gasteiger partial charge in [0.05, 0.1) is 31.4 Å². The van der Waals surface area contributed by atoms with Crippen LogP contribution in [0.15, 0.2) is 42.7 Å². The molecule has 2 aromatic carbocycles. The van der Waals surface area contributed by atoms with Crippen LogP contribution in [0.3, 0.4) is 0 Å². The second-order valence-corrected chi connectivity index (χ2v) is 8.62. The maximum absolute atomic E-state index is 14.4. The number of carbonyl (C=O) groups is 1. The highest BCUT2D eigenvalue weighted by molar-refractivity contribution is 6.31. The molecule has 1 aliphatic heterocycles. The summed E-state index contributed by atoms with van der Waals surface area (Å²) < 4.78 is 39.5. The Morgan fingerprint density at radius 1 is 1.26 bits per heavy atom. The molecule has 0 saturated carbocycles. The first kappa shape index (κ1) is 24.6. The van der Waals surface area contributed by atoms with E-state index in [1.807, 2.05) is 25.1 Å². The summed E-state index contributed by atoms with van der Waals surface area (Å²) in [6.07, 6.45) is 4.46. The SMILES string of the molecule is COc1cc2ncnc(Nc3ccc(F)c(Cl)c3F)c2cc1OC1CN(C(=O)/C=C\CN(C)C)C1. The van der Waals surface area contributed by atoms with Crippen molar-refractivity contribution in [1.29, 1.82) is 0 Å². The lowest BCUT2D eigenvalue weighted by molar-refractivity contribution is -0.134. The zero-order chi connectivity index (χ0) is 25.1. The molecule has 0 bridgehead atoms. The van der Waals surface area contributed by atoms with Crippen LogP contribution in [-0.4, -0.2) is 72.6 Å². The van der Waals surface area contributed by atoms with Gasteiger partial charge in [-0.15, -0.1) is 0 Å². The Hall–Kier alpha value is -3.50.